The predicted molar refractivity (Wildman–Crippen MR) is 78.7 cm³/mol. The van der Waals surface area contributed by atoms with E-state index in [4.69, 9.17) is 9.57 Å². The maximum absolute atomic E-state index is 12.0. The summed E-state index contributed by atoms with van der Waals surface area (Å²) in [4.78, 5) is 19.1. The molecule has 2 amide bonds. The summed E-state index contributed by atoms with van der Waals surface area (Å²) in [7, 11) is 0. The molecule has 2 fully saturated rings. The Balaban J connectivity index is 1.42. The molecule has 0 saturated carbocycles. The average molecular weight is 290 g/mol. The van der Waals surface area contributed by atoms with Crippen LogP contribution in [0.2, 0.25) is 0 Å². The zero-order chi connectivity index (χ0) is 14.7. The van der Waals surface area contributed by atoms with E-state index in [0.29, 0.717) is 13.2 Å². The van der Waals surface area contributed by atoms with Crippen LogP contribution in [-0.2, 0) is 16.0 Å². The van der Waals surface area contributed by atoms with Gasteiger partial charge >= 0.3 is 6.03 Å². The van der Waals surface area contributed by atoms with Crippen LogP contribution in [-0.4, -0.2) is 43.3 Å². The highest BCUT2D eigenvalue weighted by atomic mass is 16.7. The molecule has 5 heteroatoms. The van der Waals surface area contributed by atoms with Gasteiger partial charge in [0.2, 0.25) is 0 Å². The molecule has 2 aliphatic rings. The molecule has 114 valence electrons. The minimum atomic E-state index is -0.146. The molecule has 5 nitrogen and oxygen atoms in total. The molecule has 1 N–H and O–H groups in total. The Morgan fingerprint density at radius 3 is 2.86 bits per heavy atom. The molecular formula is C16H22N2O3. The van der Waals surface area contributed by atoms with Gasteiger partial charge in [0.15, 0.2) is 0 Å². The number of nitrogens with zero attached hydrogens (tertiary/aromatic N) is 1. The van der Waals surface area contributed by atoms with Gasteiger partial charge in [-0.15, -0.1) is 0 Å². The first kappa shape index (κ1) is 14.4. The highest BCUT2D eigenvalue weighted by Gasteiger charge is 2.41. The topological polar surface area (TPSA) is 50.8 Å². The van der Waals surface area contributed by atoms with Gasteiger partial charge in [-0.3, -0.25) is 4.84 Å². The Morgan fingerprint density at radius 2 is 2.19 bits per heavy atom. The van der Waals surface area contributed by atoms with E-state index in [9.17, 15) is 4.79 Å². The van der Waals surface area contributed by atoms with E-state index in [1.807, 2.05) is 6.07 Å². The van der Waals surface area contributed by atoms with Crippen molar-refractivity contribution in [3.05, 3.63) is 35.9 Å². The van der Waals surface area contributed by atoms with Gasteiger partial charge in [0.25, 0.3) is 0 Å². The Labute approximate surface area is 125 Å². The van der Waals surface area contributed by atoms with E-state index < -0.39 is 0 Å². The van der Waals surface area contributed by atoms with E-state index in [-0.39, 0.29) is 17.6 Å². The number of hydroxylamine groups is 1. The number of benzene rings is 1. The third-order valence-corrected chi connectivity index (χ3v) is 4.11. The van der Waals surface area contributed by atoms with Crippen molar-refractivity contribution in [1.82, 2.24) is 10.4 Å². The molecule has 1 atom stereocenters. The largest absolute Gasteiger partial charge is 0.379 e. The van der Waals surface area contributed by atoms with Crippen LogP contribution in [0.15, 0.2) is 30.3 Å². The van der Waals surface area contributed by atoms with Crippen LogP contribution in [0.25, 0.3) is 0 Å². The van der Waals surface area contributed by atoms with E-state index in [2.05, 4.69) is 36.7 Å². The highest BCUT2D eigenvalue weighted by Crippen LogP contribution is 2.33. The number of rotatable bonds is 4. The van der Waals surface area contributed by atoms with Gasteiger partial charge in [-0.05, 0) is 12.0 Å². The molecule has 0 bridgehead atoms. The molecular weight excluding hydrogens is 268 g/mol. The minimum Gasteiger partial charge on any atom is -0.379 e. The van der Waals surface area contributed by atoms with E-state index in [0.717, 1.165) is 25.9 Å². The van der Waals surface area contributed by atoms with Crippen LogP contribution in [0.1, 0.15) is 18.9 Å². The zero-order valence-corrected chi connectivity index (χ0v) is 12.4. The lowest BCUT2D eigenvalue weighted by Crippen LogP contribution is -2.60. The second-order valence-corrected chi connectivity index (χ2v) is 6.34. The van der Waals surface area contributed by atoms with Crippen molar-refractivity contribution in [1.29, 1.82) is 0 Å². The van der Waals surface area contributed by atoms with Crippen LogP contribution in [0, 0.1) is 5.41 Å². The maximum Gasteiger partial charge on any atom is 0.341 e. The summed E-state index contributed by atoms with van der Waals surface area (Å²) in [6.07, 6.45) is 1.83. The number of ether oxygens (including phenoxy) is 1. The minimum absolute atomic E-state index is 0.00840. The third kappa shape index (κ3) is 3.54. The number of amides is 2. The van der Waals surface area contributed by atoms with Crippen LogP contribution >= 0.6 is 0 Å². The van der Waals surface area contributed by atoms with Crippen LogP contribution in [0.5, 0.6) is 0 Å². The number of nitrogens with one attached hydrogen (secondary N) is 1. The number of hydrogen-bond donors (Lipinski definition) is 1. The van der Waals surface area contributed by atoms with Crippen molar-refractivity contribution in [2.24, 2.45) is 5.41 Å². The lowest BCUT2D eigenvalue weighted by Gasteiger charge is -2.48. The smallest absolute Gasteiger partial charge is 0.341 e. The molecule has 21 heavy (non-hydrogen) atoms. The molecule has 1 aromatic carbocycles. The Kier molecular flexibility index (Phi) is 4.12. The normalized spacial score (nSPS) is 23.7. The lowest BCUT2D eigenvalue weighted by atomic mass is 9.77. The van der Waals surface area contributed by atoms with E-state index in [1.165, 1.54) is 5.56 Å². The van der Waals surface area contributed by atoms with Gasteiger partial charge in [-0.1, -0.05) is 37.3 Å². The fourth-order valence-electron chi connectivity index (χ4n) is 3.02. The van der Waals surface area contributed by atoms with Gasteiger partial charge in [-0.2, -0.15) is 0 Å². The summed E-state index contributed by atoms with van der Waals surface area (Å²) in [5.41, 5.74) is 4.02. The lowest BCUT2D eigenvalue weighted by molar-refractivity contribution is -0.0330. The van der Waals surface area contributed by atoms with Crippen molar-refractivity contribution in [3.8, 4) is 0 Å². The molecule has 0 aromatic heterocycles. The molecule has 0 aliphatic carbocycles. The van der Waals surface area contributed by atoms with Gasteiger partial charge in [-0.25, -0.2) is 10.3 Å². The Morgan fingerprint density at radius 1 is 1.43 bits per heavy atom. The molecule has 2 heterocycles. The van der Waals surface area contributed by atoms with Crippen LogP contribution in [0.3, 0.4) is 0 Å². The quantitative estimate of drug-likeness (QED) is 0.863. The molecule has 1 unspecified atom stereocenters. The average Bonchev–Trinajstić information content (AvgIpc) is 2.96. The summed E-state index contributed by atoms with van der Waals surface area (Å²) < 4.78 is 5.20. The van der Waals surface area contributed by atoms with Crippen LogP contribution < -0.4 is 5.48 Å². The van der Waals surface area contributed by atoms with Gasteiger partial charge in [0, 0.05) is 31.5 Å². The molecule has 2 saturated heterocycles. The van der Waals surface area contributed by atoms with Crippen molar-refractivity contribution < 1.29 is 14.4 Å². The SMILES string of the molecule is CC1(Cc2ccccc2)CN(C(=O)NOC2CCOC2)C1. The Hall–Kier alpha value is -1.59. The molecule has 3 rings (SSSR count). The first-order valence-corrected chi connectivity index (χ1v) is 7.47. The summed E-state index contributed by atoms with van der Waals surface area (Å²) >= 11 is 0. The third-order valence-electron chi connectivity index (χ3n) is 4.11. The van der Waals surface area contributed by atoms with Crippen molar-refractivity contribution in [2.75, 3.05) is 26.3 Å². The number of likely N-dealkylation sites (tertiary alicyclic amines) is 1. The highest BCUT2D eigenvalue weighted by molar-refractivity contribution is 5.74. The van der Waals surface area contributed by atoms with Crippen LogP contribution in [0.4, 0.5) is 4.79 Å². The standard InChI is InChI=1S/C16H22N2O3/c1-16(9-13-5-3-2-4-6-13)11-18(12-16)15(19)17-21-14-7-8-20-10-14/h2-6,14H,7-12H2,1H3,(H,17,19). The van der Waals surface area contributed by atoms with Gasteiger partial charge < -0.3 is 9.64 Å². The first-order chi connectivity index (χ1) is 10.1. The van der Waals surface area contributed by atoms with E-state index in [1.54, 1.807) is 4.90 Å². The fourth-order valence-corrected chi connectivity index (χ4v) is 3.02. The fraction of sp³-hybridized carbons (Fsp3) is 0.562. The summed E-state index contributed by atoms with van der Waals surface area (Å²) in [6.45, 7) is 5.01. The first-order valence-electron chi connectivity index (χ1n) is 7.47. The second kappa shape index (κ2) is 6.03. The maximum atomic E-state index is 12.0. The summed E-state index contributed by atoms with van der Waals surface area (Å²) in [6, 6.07) is 10.3. The van der Waals surface area contributed by atoms with Crippen molar-refractivity contribution in [2.45, 2.75) is 25.9 Å². The van der Waals surface area contributed by atoms with Gasteiger partial charge in [0.05, 0.1) is 6.61 Å². The van der Waals surface area contributed by atoms with Crippen molar-refractivity contribution >= 4 is 6.03 Å². The monoisotopic (exact) mass is 290 g/mol. The second-order valence-electron chi connectivity index (χ2n) is 6.34. The number of carbonyl (C=O) groups excluding carboxylic acids is 1. The summed E-state index contributed by atoms with van der Waals surface area (Å²) in [5.74, 6) is 0. The Bertz CT molecular complexity index is 480. The molecule has 0 spiro atoms. The van der Waals surface area contributed by atoms with Crippen molar-refractivity contribution in [3.63, 3.8) is 0 Å². The van der Waals surface area contributed by atoms with Gasteiger partial charge in [0.1, 0.15) is 6.10 Å². The number of hydrogen-bond acceptors (Lipinski definition) is 3. The summed E-state index contributed by atoms with van der Waals surface area (Å²) in [5, 5.41) is 0. The number of carbonyl (C=O) groups is 1. The molecule has 1 aromatic rings. The zero-order valence-electron chi connectivity index (χ0n) is 12.4. The molecule has 0 radical (unpaired) electrons. The predicted octanol–water partition coefficient (Wildman–Crippen LogP) is 1.98. The number of urea groups is 1. The molecule has 2 aliphatic heterocycles. The van der Waals surface area contributed by atoms with E-state index >= 15 is 0 Å².